The van der Waals surface area contributed by atoms with Gasteiger partial charge in [0.05, 0.1) is 12.3 Å². The summed E-state index contributed by atoms with van der Waals surface area (Å²) in [6, 6.07) is 5.86. The smallest absolute Gasteiger partial charge is 0.0555 e. The SMILES string of the molecule is OC[C@]1(c2ccccn2)CCNC1. The van der Waals surface area contributed by atoms with Crippen LogP contribution in [0, 0.1) is 0 Å². The summed E-state index contributed by atoms with van der Waals surface area (Å²) in [4.78, 5) is 4.30. The van der Waals surface area contributed by atoms with E-state index in [2.05, 4.69) is 10.3 Å². The Labute approximate surface area is 77.8 Å². The summed E-state index contributed by atoms with van der Waals surface area (Å²) in [6.45, 7) is 1.98. The maximum atomic E-state index is 9.39. The van der Waals surface area contributed by atoms with Crippen molar-refractivity contribution in [3.05, 3.63) is 30.1 Å². The first kappa shape index (κ1) is 8.66. The van der Waals surface area contributed by atoms with Gasteiger partial charge in [-0.1, -0.05) is 6.07 Å². The molecule has 3 nitrogen and oxygen atoms in total. The van der Waals surface area contributed by atoms with Gasteiger partial charge >= 0.3 is 0 Å². The third-order valence-corrected chi connectivity index (χ3v) is 2.75. The number of rotatable bonds is 2. The number of nitrogens with zero attached hydrogens (tertiary/aromatic N) is 1. The monoisotopic (exact) mass is 178 g/mol. The molecule has 0 spiro atoms. The molecular formula is C10H14N2O. The Kier molecular flexibility index (Phi) is 2.29. The van der Waals surface area contributed by atoms with Crippen molar-refractivity contribution in [1.82, 2.24) is 10.3 Å². The molecule has 2 heterocycles. The molecule has 1 aromatic heterocycles. The minimum absolute atomic E-state index is 0.138. The van der Waals surface area contributed by atoms with Gasteiger partial charge in [-0.25, -0.2) is 0 Å². The summed E-state index contributed by atoms with van der Waals surface area (Å²) < 4.78 is 0. The molecule has 2 rings (SSSR count). The third-order valence-electron chi connectivity index (χ3n) is 2.75. The van der Waals surface area contributed by atoms with E-state index in [-0.39, 0.29) is 12.0 Å². The highest BCUT2D eigenvalue weighted by Crippen LogP contribution is 2.28. The van der Waals surface area contributed by atoms with E-state index < -0.39 is 0 Å². The predicted octanol–water partition coefficient (Wildman–Crippen LogP) is 0.305. The van der Waals surface area contributed by atoms with Gasteiger partial charge in [0.25, 0.3) is 0 Å². The fourth-order valence-corrected chi connectivity index (χ4v) is 1.85. The molecule has 0 amide bonds. The van der Waals surface area contributed by atoms with Crippen molar-refractivity contribution in [3.63, 3.8) is 0 Å². The summed E-state index contributed by atoms with van der Waals surface area (Å²) in [6.07, 6.45) is 2.76. The van der Waals surface area contributed by atoms with Gasteiger partial charge in [0, 0.05) is 18.2 Å². The number of hydrogen-bond donors (Lipinski definition) is 2. The third kappa shape index (κ3) is 1.45. The first-order valence-electron chi connectivity index (χ1n) is 4.60. The lowest BCUT2D eigenvalue weighted by Crippen LogP contribution is -2.33. The van der Waals surface area contributed by atoms with Crippen molar-refractivity contribution in [2.24, 2.45) is 0 Å². The van der Waals surface area contributed by atoms with E-state index in [0.717, 1.165) is 25.2 Å². The topological polar surface area (TPSA) is 45.2 Å². The van der Waals surface area contributed by atoms with E-state index in [1.807, 2.05) is 18.2 Å². The van der Waals surface area contributed by atoms with Crippen molar-refractivity contribution >= 4 is 0 Å². The molecule has 1 saturated heterocycles. The number of aliphatic hydroxyl groups excluding tert-OH is 1. The summed E-state index contributed by atoms with van der Waals surface area (Å²) in [5, 5.41) is 12.7. The highest BCUT2D eigenvalue weighted by Gasteiger charge is 2.35. The first-order chi connectivity index (χ1) is 6.37. The molecule has 13 heavy (non-hydrogen) atoms. The average molecular weight is 178 g/mol. The Hall–Kier alpha value is -0.930. The summed E-state index contributed by atoms with van der Waals surface area (Å²) in [7, 11) is 0. The molecule has 1 atom stereocenters. The number of pyridine rings is 1. The van der Waals surface area contributed by atoms with Gasteiger partial charge < -0.3 is 10.4 Å². The minimum atomic E-state index is -0.138. The molecule has 1 aliphatic heterocycles. The van der Waals surface area contributed by atoms with E-state index in [4.69, 9.17) is 0 Å². The average Bonchev–Trinajstić information content (AvgIpc) is 2.69. The fraction of sp³-hybridized carbons (Fsp3) is 0.500. The molecule has 0 saturated carbocycles. The Morgan fingerprint density at radius 2 is 2.46 bits per heavy atom. The molecule has 70 valence electrons. The fourth-order valence-electron chi connectivity index (χ4n) is 1.85. The van der Waals surface area contributed by atoms with Crippen molar-refractivity contribution in [2.75, 3.05) is 19.7 Å². The predicted molar refractivity (Wildman–Crippen MR) is 50.5 cm³/mol. The molecule has 0 unspecified atom stereocenters. The van der Waals surface area contributed by atoms with Crippen LogP contribution in [-0.2, 0) is 5.41 Å². The lowest BCUT2D eigenvalue weighted by molar-refractivity contribution is 0.202. The first-order valence-corrected chi connectivity index (χ1v) is 4.60. The van der Waals surface area contributed by atoms with E-state index in [1.165, 1.54) is 0 Å². The van der Waals surface area contributed by atoms with Gasteiger partial charge in [-0.15, -0.1) is 0 Å². The molecule has 3 heteroatoms. The van der Waals surface area contributed by atoms with Crippen molar-refractivity contribution < 1.29 is 5.11 Å². The quantitative estimate of drug-likeness (QED) is 0.685. The lowest BCUT2D eigenvalue weighted by atomic mass is 9.84. The van der Waals surface area contributed by atoms with Crippen LogP contribution in [-0.4, -0.2) is 29.8 Å². The number of hydrogen-bond acceptors (Lipinski definition) is 3. The maximum Gasteiger partial charge on any atom is 0.0555 e. The normalized spacial score (nSPS) is 27.8. The maximum absolute atomic E-state index is 9.39. The second-order valence-corrected chi connectivity index (χ2v) is 3.58. The number of nitrogens with one attached hydrogen (secondary N) is 1. The Morgan fingerprint density at radius 1 is 1.54 bits per heavy atom. The molecule has 0 bridgehead atoms. The van der Waals surface area contributed by atoms with Gasteiger partial charge in [-0.05, 0) is 25.1 Å². The van der Waals surface area contributed by atoms with Crippen molar-refractivity contribution in [1.29, 1.82) is 0 Å². The summed E-state index contributed by atoms with van der Waals surface area (Å²) in [5.74, 6) is 0. The largest absolute Gasteiger partial charge is 0.395 e. The van der Waals surface area contributed by atoms with Crippen LogP contribution in [0.25, 0.3) is 0 Å². The highest BCUT2D eigenvalue weighted by atomic mass is 16.3. The van der Waals surface area contributed by atoms with Crippen molar-refractivity contribution in [2.45, 2.75) is 11.8 Å². The summed E-state index contributed by atoms with van der Waals surface area (Å²) in [5.41, 5.74) is 0.865. The van der Waals surface area contributed by atoms with Crippen LogP contribution in [0.2, 0.25) is 0 Å². The van der Waals surface area contributed by atoms with Crippen LogP contribution in [0.4, 0.5) is 0 Å². The zero-order chi connectivity index (χ0) is 9.15. The molecule has 0 aliphatic carbocycles. The van der Waals surface area contributed by atoms with Crippen LogP contribution in [0.3, 0.4) is 0 Å². The standard InChI is InChI=1S/C10H14N2O/c13-8-10(4-6-11-7-10)9-3-1-2-5-12-9/h1-3,5,11,13H,4,6-8H2/t10-/m0/s1. The van der Waals surface area contributed by atoms with Crippen LogP contribution in [0.1, 0.15) is 12.1 Å². The summed E-state index contributed by atoms with van der Waals surface area (Å²) >= 11 is 0. The van der Waals surface area contributed by atoms with Crippen LogP contribution in [0.15, 0.2) is 24.4 Å². The van der Waals surface area contributed by atoms with E-state index in [9.17, 15) is 5.11 Å². The second kappa shape index (κ2) is 3.44. The molecule has 0 aromatic carbocycles. The van der Waals surface area contributed by atoms with Crippen LogP contribution < -0.4 is 5.32 Å². The molecule has 1 aromatic rings. The van der Waals surface area contributed by atoms with Crippen LogP contribution >= 0.6 is 0 Å². The highest BCUT2D eigenvalue weighted by molar-refractivity contribution is 5.20. The van der Waals surface area contributed by atoms with Crippen molar-refractivity contribution in [3.8, 4) is 0 Å². The molecule has 0 radical (unpaired) electrons. The Morgan fingerprint density at radius 3 is 3.00 bits per heavy atom. The number of aromatic nitrogens is 1. The van der Waals surface area contributed by atoms with Gasteiger partial charge in [0.2, 0.25) is 0 Å². The Bertz CT molecular complexity index is 268. The minimum Gasteiger partial charge on any atom is -0.395 e. The van der Waals surface area contributed by atoms with Gasteiger partial charge in [0.15, 0.2) is 0 Å². The van der Waals surface area contributed by atoms with Crippen LogP contribution in [0.5, 0.6) is 0 Å². The number of aliphatic hydroxyl groups is 1. The molecule has 1 fully saturated rings. The zero-order valence-corrected chi connectivity index (χ0v) is 7.53. The van der Waals surface area contributed by atoms with Gasteiger partial charge in [-0.3, -0.25) is 4.98 Å². The van der Waals surface area contributed by atoms with E-state index in [0.29, 0.717) is 0 Å². The van der Waals surface area contributed by atoms with E-state index >= 15 is 0 Å². The lowest BCUT2D eigenvalue weighted by Gasteiger charge is -2.24. The van der Waals surface area contributed by atoms with Gasteiger partial charge in [-0.2, -0.15) is 0 Å². The molecular weight excluding hydrogens is 164 g/mol. The van der Waals surface area contributed by atoms with Gasteiger partial charge in [0.1, 0.15) is 0 Å². The molecule has 1 aliphatic rings. The second-order valence-electron chi connectivity index (χ2n) is 3.58. The Balaban J connectivity index is 2.31. The zero-order valence-electron chi connectivity index (χ0n) is 7.53. The van der Waals surface area contributed by atoms with E-state index in [1.54, 1.807) is 6.20 Å². The molecule has 2 N–H and O–H groups in total.